The molecule has 0 fully saturated rings. The van der Waals surface area contributed by atoms with Crippen molar-refractivity contribution >= 4 is 173 Å². The van der Waals surface area contributed by atoms with Crippen molar-refractivity contribution in [2.45, 2.75) is 6.92 Å². The van der Waals surface area contributed by atoms with Gasteiger partial charge in [0.1, 0.15) is 0 Å². The maximum Gasteiger partial charge on any atom is 0 e. The summed E-state index contributed by atoms with van der Waals surface area (Å²) in [4.78, 5) is 39.1. The van der Waals surface area contributed by atoms with Crippen LogP contribution in [-0.2, 0) is 58.7 Å². The molecule has 0 aromatic carbocycles. The van der Waals surface area contributed by atoms with Crippen LogP contribution in [0, 0.1) is 0 Å². The van der Waals surface area contributed by atoms with Crippen LogP contribution in [0.15, 0.2) is 0 Å². The Bertz CT molecular complexity index is 354. The molecule has 0 saturated heterocycles. The Morgan fingerprint density at radius 2 is 0.833 bits per heavy atom. The van der Waals surface area contributed by atoms with Crippen molar-refractivity contribution in [2.75, 3.05) is 0 Å². The minimum atomic E-state index is -4.67. The van der Waals surface area contributed by atoms with Gasteiger partial charge in [-0.15, -0.1) is 0 Å². The molecule has 0 aromatic rings. The molecule has 13 nitrogen and oxygen atoms in total. The van der Waals surface area contributed by atoms with Gasteiger partial charge >= 0.3 is 167 Å². The molecule has 0 aromatic heterocycles. The average Bonchev–Trinajstić information content (AvgIpc) is 1.70. The molecule has 0 bridgehead atoms. The fourth-order valence-corrected chi connectivity index (χ4v) is 0. The molecular formula is C3H18Ca3NaO13PSZn2. The van der Waals surface area contributed by atoms with Crippen LogP contribution in [0.3, 0.4) is 0 Å². The van der Waals surface area contributed by atoms with E-state index in [9.17, 15) is 0 Å². The van der Waals surface area contributed by atoms with Gasteiger partial charge in [0, 0.05) is 45.9 Å². The number of carbonyl (C=O) groups is 2. The number of phosphoric acid groups is 1. The zero-order chi connectivity index (χ0) is 16.2. The first kappa shape index (κ1) is 63.0. The van der Waals surface area contributed by atoms with Gasteiger partial charge < -0.3 is 30.0 Å². The molecule has 0 atom stereocenters. The Balaban J connectivity index is -0.0000000126. The Kier molecular flexibility index (Phi) is 101. The molecule has 0 aliphatic heterocycles. The third kappa shape index (κ3) is 787. The van der Waals surface area contributed by atoms with Crippen LogP contribution in [0.5, 0.6) is 0 Å². The first-order valence-corrected chi connectivity index (χ1v) is 6.02. The molecule has 0 spiro atoms. The Morgan fingerprint density at radius 1 is 0.833 bits per heavy atom. The van der Waals surface area contributed by atoms with Crippen molar-refractivity contribution < 1.29 is 101 Å². The molecule has 0 radical (unpaired) electrons. The normalized spacial score (nSPS) is 6.92. The fraction of sp³-hybridized carbons (Fsp3) is 0.333. The van der Waals surface area contributed by atoms with E-state index in [0.29, 0.717) is 0 Å². The number of hydrogen-bond acceptors (Lipinski definition) is 5. The Labute approximate surface area is 274 Å². The van der Waals surface area contributed by atoms with E-state index >= 15 is 0 Å². The Morgan fingerprint density at radius 3 is 0.833 bits per heavy atom. The summed E-state index contributed by atoms with van der Waals surface area (Å²) in [5.74, 6) is -0.833. The molecule has 8 N–H and O–H groups in total. The molecule has 0 amide bonds. The van der Waals surface area contributed by atoms with Crippen LogP contribution >= 0.6 is 7.82 Å². The van der Waals surface area contributed by atoms with Crippen LogP contribution < -0.4 is 0 Å². The van der Waals surface area contributed by atoms with Crippen LogP contribution in [0.4, 0.5) is 4.79 Å². The fourth-order valence-electron chi connectivity index (χ4n) is 0. The molecular weight excluding hydrogens is 581 g/mol. The van der Waals surface area contributed by atoms with E-state index in [-0.39, 0.29) is 182 Å². The molecule has 0 aliphatic rings. The van der Waals surface area contributed by atoms with Crippen molar-refractivity contribution in [3.63, 3.8) is 0 Å². The standard InChI is InChI=1S/C2H4O2.CH2O3.3Ca.Na.H3O4P.H2O4S.2Zn.7H/c1-2(3)4;2-1(3)4;;;;;2*1-5(2,3)4;;;;;;;;;/h1H3,(H,3,4);(H2,2,3,4);;;;;(H3,1,2,3,4);(H2,1,2,3,4);;;;;;;;;. The maximum absolute atomic E-state index is 9.00. The van der Waals surface area contributed by atoms with E-state index < -0.39 is 30.3 Å². The minimum absolute atomic E-state index is 0. The predicted molar refractivity (Wildman–Crippen MR) is 85.2 cm³/mol. The summed E-state index contributed by atoms with van der Waals surface area (Å²) in [5.41, 5.74) is 0. The van der Waals surface area contributed by atoms with Gasteiger partial charge in [-0.1, -0.05) is 0 Å². The molecule has 0 aliphatic carbocycles. The number of rotatable bonds is 0. The van der Waals surface area contributed by atoms with Gasteiger partial charge in [-0.3, -0.25) is 13.9 Å². The summed E-state index contributed by atoms with van der Waals surface area (Å²) in [6.07, 6.45) is -1.83. The number of hydrogen-bond donors (Lipinski definition) is 8. The van der Waals surface area contributed by atoms with E-state index in [4.69, 9.17) is 61.7 Å². The van der Waals surface area contributed by atoms with Crippen molar-refractivity contribution in [1.82, 2.24) is 0 Å². The zero-order valence-electron chi connectivity index (χ0n) is 9.89. The summed E-state index contributed by atoms with van der Waals surface area (Å²) in [7, 11) is -9.31. The summed E-state index contributed by atoms with van der Waals surface area (Å²) in [5, 5.41) is 21.4. The van der Waals surface area contributed by atoms with Crippen LogP contribution in [-0.4, -0.2) is 202 Å². The molecule has 0 heterocycles. The smallest absolute Gasteiger partial charge is 0 e. The van der Waals surface area contributed by atoms with E-state index in [2.05, 4.69) is 0 Å². The van der Waals surface area contributed by atoms with Crippen LogP contribution in [0.1, 0.15) is 6.92 Å². The maximum atomic E-state index is 9.00. The average molecular weight is 599 g/mol. The third-order valence-corrected chi connectivity index (χ3v) is 0. The summed E-state index contributed by atoms with van der Waals surface area (Å²) in [6.45, 7) is 1.08. The first-order chi connectivity index (χ1) is 7.46. The predicted octanol–water partition coefficient (Wildman–Crippen LogP) is -4.67. The molecule has 0 rings (SSSR count). The summed E-state index contributed by atoms with van der Waals surface area (Å²) < 4.78 is 40.5. The quantitative estimate of drug-likeness (QED) is 0.0742. The molecule has 21 heteroatoms. The van der Waals surface area contributed by atoms with Crippen molar-refractivity contribution in [2.24, 2.45) is 0 Å². The van der Waals surface area contributed by atoms with Gasteiger partial charge in [-0.05, 0) is 0 Å². The largest absolute Gasteiger partial charge is 0 e. The summed E-state index contributed by atoms with van der Waals surface area (Å²) in [6, 6.07) is 0. The van der Waals surface area contributed by atoms with E-state index in [1.54, 1.807) is 0 Å². The Hall–Kier alpha value is 4.75. The molecule has 130 valence electrons. The zero-order valence-corrected chi connectivity index (χ0v) is 17.5. The SMILES string of the molecule is CC(=O)O.O=C(O)O.O=P(O)(O)O.O=S(=O)(O)O.[CaH2].[CaH2].[CaH2].[NaH].[Zn].[Zn]. The molecule has 24 heavy (non-hydrogen) atoms. The van der Waals surface area contributed by atoms with Gasteiger partial charge in [-0.2, -0.15) is 8.42 Å². The second kappa shape index (κ2) is 38.4. The van der Waals surface area contributed by atoms with Crippen molar-refractivity contribution in [1.29, 1.82) is 0 Å². The molecule has 0 unspecified atom stereocenters. The van der Waals surface area contributed by atoms with Crippen LogP contribution in [0.2, 0.25) is 0 Å². The van der Waals surface area contributed by atoms with E-state index in [1.807, 2.05) is 0 Å². The van der Waals surface area contributed by atoms with Gasteiger partial charge in [0.2, 0.25) is 0 Å². The van der Waals surface area contributed by atoms with Gasteiger partial charge in [0.25, 0.3) is 5.97 Å². The number of carboxylic acid groups (broad SMARTS) is 3. The number of aliphatic carboxylic acids is 1. The van der Waals surface area contributed by atoms with Gasteiger partial charge in [0.05, 0.1) is 0 Å². The third-order valence-electron chi connectivity index (χ3n) is 0. The van der Waals surface area contributed by atoms with E-state index in [0.717, 1.165) is 6.92 Å². The van der Waals surface area contributed by atoms with Crippen LogP contribution in [0.25, 0.3) is 0 Å². The van der Waals surface area contributed by atoms with E-state index in [1.165, 1.54) is 0 Å². The second-order valence-corrected chi connectivity index (χ2v) is 3.68. The number of carboxylic acids is 1. The van der Waals surface area contributed by atoms with Gasteiger partial charge in [-0.25, -0.2) is 9.36 Å². The first-order valence-electron chi connectivity index (χ1n) is 3.06. The second-order valence-electron chi connectivity index (χ2n) is 1.76. The topological polar surface area (TPSA) is 247 Å². The monoisotopic (exact) mass is 596 g/mol. The minimum Gasteiger partial charge on any atom is 0 e. The van der Waals surface area contributed by atoms with Gasteiger partial charge in [0.15, 0.2) is 0 Å². The summed E-state index contributed by atoms with van der Waals surface area (Å²) >= 11 is 0. The molecule has 0 saturated carbocycles. The van der Waals surface area contributed by atoms with Crippen molar-refractivity contribution in [3.8, 4) is 0 Å². The van der Waals surface area contributed by atoms with Crippen molar-refractivity contribution in [3.05, 3.63) is 0 Å².